The monoisotopic (exact) mass is 206 g/mol. The van der Waals surface area contributed by atoms with Crippen molar-refractivity contribution < 1.29 is 25.3 Å². The average molecular weight is 206 g/mol. The maximum Gasteiger partial charge on any atom is 0.372 e. The first-order valence-electron chi connectivity index (χ1n) is 2.33. The Morgan fingerprint density at radius 2 is 1.73 bits per heavy atom. The molecule has 0 aromatic heterocycles. The minimum absolute atomic E-state index is 0.745. The third-order valence-electron chi connectivity index (χ3n) is 0.627. The highest BCUT2D eigenvalue weighted by atomic mass is 32.3. The summed E-state index contributed by atoms with van der Waals surface area (Å²) in [5, 5.41) is 0. The maximum absolute atomic E-state index is 11.5. The van der Waals surface area contributed by atoms with Gasteiger partial charge in [0.2, 0.25) is 0 Å². The molecule has 0 aliphatic rings. The van der Waals surface area contributed by atoms with Crippen LogP contribution in [0.25, 0.3) is 0 Å². The summed E-state index contributed by atoms with van der Waals surface area (Å²) in [6.07, 6.45) is 0. The second-order valence-electron chi connectivity index (χ2n) is 1.59. The summed E-state index contributed by atoms with van der Waals surface area (Å²) in [7, 11) is -9.39. The lowest BCUT2D eigenvalue weighted by atomic mass is 10.8. The Hall–Kier alpha value is -0.250. The van der Waals surface area contributed by atoms with Gasteiger partial charge in [-0.3, -0.25) is 0 Å². The van der Waals surface area contributed by atoms with Gasteiger partial charge in [0.1, 0.15) is 0 Å². The summed E-state index contributed by atoms with van der Waals surface area (Å²) >= 11 is 0. The molecule has 0 heterocycles. The lowest BCUT2D eigenvalue weighted by Gasteiger charge is -2.04. The molecule has 0 saturated carbocycles. The smallest absolute Gasteiger partial charge is 0.372 e. The predicted molar refractivity (Wildman–Crippen MR) is 32.6 cm³/mol. The molecule has 0 atom stereocenters. The van der Waals surface area contributed by atoms with E-state index in [1.165, 1.54) is 4.72 Å². The predicted octanol–water partition coefficient (Wildman–Crippen LogP) is -1.66. The number of rotatable bonds is 4. The molecule has 0 aliphatic heterocycles. The van der Waals surface area contributed by atoms with Crippen molar-refractivity contribution in [2.24, 2.45) is 0 Å². The average Bonchev–Trinajstić information content (AvgIpc) is 1.55. The van der Waals surface area contributed by atoms with Crippen LogP contribution >= 0.6 is 0 Å². The Bertz CT molecular complexity index is 271. The molecule has 68 valence electrons. The van der Waals surface area contributed by atoms with Gasteiger partial charge in [-0.2, -0.15) is 13.1 Å². The van der Waals surface area contributed by atoms with E-state index in [1.54, 1.807) is 0 Å². The molecule has 1 N–H and O–H groups in total. The summed E-state index contributed by atoms with van der Waals surface area (Å²) in [5.74, 6) is -0.962. The number of nitrogens with one attached hydrogen (secondary N) is 1. The molecule has 0 unspecified atom stereocenters. The quantitative estimate of drug-likeness (QED) is 0.437. The van der Waals surface area contributed by atoms with Crippen LogP contribution in [0.15, 0.2) is 0 Å². The number of hydrogen-bond donors (Lipinski definition) is 1. The Labute approximate surface area is 63.5 Å². The van der Waals surface area contributed by atoms with Crippen molar-refractivity contribution in [3.8, 4) is 0 Å². The normalized spacial score (nSPS) is 13.3. The van der Waals surface area contributed by atoms with Gasteiger partial charge < -0.3 is 4.55 Å². The van der Waals surface area contributed by atoms with E-state index in [-0.39, 0.29) is 0 Å². The van der Waals surface area contributed by atoms with E-state index in [9.17, 15) is 25.3 Å². The SMILES string of the molecule is O=S(=O)([O-])CCNS(=O)(=O)F. The molecule has 0 rings (SSSR count). The summed E-state index contributed by atoms with van der Waals surface area (Å²) in [4.78, 5) is 0. The summed E-state index contributed by atoms with van der Waals surface area (Å²) in [6, 6.07) is 0. The van der Waals surface area contributed by atoms with Gasteiger partial charge in [0.15, 0.2) is 0 Å². The fourth-order valence-electron chi connectivity index (χ4n) is 0.289. The molecule has 9 heteroatoms. The molecular weight excluding hydrogens is 201 g/mol. The summed E-state index contributed by atoms with van der Waals surface area (Å²) in [5.41, 5.74) is 0. The van der Waals surface area contributed by atoms with Crippen LogP contribution in [0.3, 0.4) is 0 Å². The largest absolute Gasteiger partial charge is 0.748 e. The van der Waals surface area contributed by atoms with Gasteiger partial charge >= 0.3 is 10.4 Å². The van der Waals surface area contributed by atoms with E-state index in [2.05, 4.69) is 0 Å². The van der Waals surface area contributed by atoms with E-state index in [0.29, 0.717) is 0 Å². The van der Waals surface area contributed by atoms with Gasteiger partial charge in [-0.15, -0.1) is 0 Å². The van der Waals surface area contributed by atoms with Crippen molar-refractivity contribution in [1.82, 2.24) is 4.72 Å². The molecule has 6 nitrogen and oxygen atoms in total. The van der Waals surface area contributed by atoms with E-state index < -0.39 is 32.8 Å². The molecular formula is C2H5FNO5S2-. The topological polar surface area (TPSA) is 103 Å². The Morgan fingerprint density at radius 3 is 2.00 bits per heavy atom. The summed E-state index contributed by atoms with van der Waals surface area (Å²) < 4.78 is 61.4. The highest BCUT2D eigenvalue weighted by Crippen LogP contribution is 1.84. The van der Waals surface area contributed by atoms with Crippen molar-refractivity contribution in [2.45, 2.75) is 0 Å². The summed E-state index contributed by atoms with van der Waals surface area (Å²) in [6.45, 7) is -0.745. The first-order valence-corrected chi connectivity index (χ1v) is 5.29. The highest BCUT2D eigenvalue weighted by molar-refractivity contribution is 7.86. The van der Waals surface area contributed by atoms with Crippen LogP contribution in [0.2, 0.25) is 0 Å². The molecule has 11 heavy (non-hydrogen) atoms. The molecule has 0 aromatic rings. The van der Waals surface area contributed by atoms with Crippen LogP contribution < -0.4 is 4.72 Å². The first kappa shape index (κ1) is 10.8. The van der Waals surface area contributed by atoms with Crippen LogP contribution in [-0.4, -0.2) is 33.7 Å². The zero-order valence-electron chi connectivity index (χ0n) is 5.15. The highest BCUT2D eigenvalue weighted by Gasteiger charge is 2.05. The Kier molecular flexibility index (Phi) is 3.35. The van der Waals surface area contributed by atoms with Crippen LogP contribution in [0, 0.1) is 0 Å². The fraction of sp³-hybridized carbons (Fsp3) is 1.00. The Morgan fingerprint density at radius 1 is 1.27 bits per heavy atom. The lowest BCUT2D eigenvalue weighted by molar-refractivity contribution is 0.462. The molecule has 0 spiro atoms. The van der Waals surface area contributed by atoms with E-state index >= 15 is 0 Å². The zero-order chi connectivity index (χ0) is 9.12. The maximum atomic E-state index is 11.5. The van der Waals surface area contributed by atoms with Crippen LogP contribution in [0.5, 0.6) is 0 Å². The minimum atomic E-state index is -4.90. The van der Waals surface area contributed by atoms with Crippen molar-refractivity contribution in [1.29, 1.82) is 0 Å². The standard InChI is InChI=1S/C2H6FNO5S2/c3-11(8,9)4-1-2-10(5,6)7/h4H,1-2H2,(H,5,6,7)/p-1. The second-order valence-corrected chi connectivity index (χ2v) is 4.28. The minimum Gasteiger partial charge on any atom is -0.748 e. The zero-order valence-corrected chi connectivity index (χ0v) is 6.78. The van der Waals surface area contributed by atoms with Gasteiger partial charge in [0.05, 0.1) is 15.9 Å². The van der Waals surface area contributed by atoms with Gasteiger partial charge in [0.25, 0.3) is 0 Å². The first-order chi connectivity index (χ1) is 4.71. The molecule has 0 amide bonds. The van der Waals surface area contributed by atoms with E-state index in [1.807, 2.05) is 0 Å². The van der Waals surface area contributed by atoms with E-state index in [4.69, 9.17) is 0 Å². The fourth-order valence-corrected chi connectivity index (χ4v) is 1.12. The van der Waals surface area contributed by atoms with Gasteiger partial charge in [0, 0.05) is 6.54 Å². The van der Waals surface area contributed by atoms with Crippen LogP contribution in [0.4, 0.5) is 3.89 Å². The molecule has 0 saturated heterocycles. The van der Waals surface area contributed by atoms with Crippen LogP contribution in [0.1, 0.15) is 0 Å². The lowest BCUT2D eigenvalue weighted by Crippen LogP contribution is -2.25. The molecule has 0 bridgehead atoms. The molecule has 0 radical (unpaired) electrons. The molecule has 0 aromatic carbocycles. The van der Waals surface area contributed by atoms with Crippen molar-refractivity contribution >= 4 is 20.5 Å². The molecule has 0 fully saturated rings. The Balaban J connectivity index is 3.79. The third kappa shape index (κ3) is 9.75. The van der Waals surface area contributed by atoms with Gasteiger partial charge in [-0.1, -0.05) is 3.89 Å². The molecule has 0 aliphatic carbocycles. The van der Waals surface area contributed by atoms with Gasteiger partial charge in [-0.05, 0) is 0 Å². The third-order valence-corrected chi connectivity index (χ3v) is 1.88. The van der Waals surface area contributed by atoms with Gasteiger partial charge in [-0.25, -0.2) is 8.42 Å². The van der Waals surface area contributed by atoms with Crippen LogP contribution in [-0.2, 0) is 20.5 Å². The van der Waals surface area contributed by atoms with Crippen molar-refractivity contribution in [3.05, 3.63) is 0 Å². The van der Waals surface area contributed by atoms with E-state index in [0.717, 1.165) is 0 Å². The second kappa shape index (κ2) is 3.43. The number of hydrogen-bond acceptors (Lipinski definition) is 5. The van der Waals surface area contributed by atoms with Crippen molar-refractivity contribution in [2.75, 3.05) is 12.3 Å². The van der Waals surface area contributed by atoms with Crippen molar-refractivity contribution in [3.63, 3.8) is 0 Å². The number of halogens is 1.